The maximum Gasteiger partial charge on any atom is 0.325 e. The Labute approximate surface area is 150 Å². The van der Waals surface area contributed by atoms with E-state index in [9.17, 15) is 9.59 Å². The maximum absolute atomic E-state index is 12.3. The summed E-state index contributed by atoms with van der Waals surface area (Å²) in [5.74, 6) is -1.03. The lowest BCUT2D eigenvalue weighted by Gasteiger charge is -2.05. The van der Waals surface area contributed by atoms with Crippen LogP contribution in [0.4, 0.5) is 5.82 Å². The number of carboxylic acid groups (broad SMARTS) is 1. The molecule has 0 aliphatic rings. The Morgan fingerprint density at radius 2 is 1.96 bits per heavy atom. The minimum atomic E-state index is -1.02. The van der Waals surface area contributed by atoms with Crippen LogP contribution in [0.5, 0.6) is 0 Å². The standard InChI is InChI=1S/C18H19N5O3/c1-12-4-3-5-14(8-12)10-23-13(2)9-16(21-23)19-18(26)15-6-7-22(20-15)11-17(24)25/h3-9H,10-11H2,1-2H3,(H,24,25)(H,19,21,26). The summed E-state index contributed by atoms with van der Waals surface area (Å²) < 4.78 is 3.01. The van der Waals surface area contributed by atoms with Crippen molar-refractivity contribution in [3.05, 3.63) is 65.1 Å². The molecule has 0 aliphatic heterocycles. The number of aliphatic carboxylic acids is 1. The molecule has 2 N–H and O–H groups in total. The number of amides is 1. The van der Waals surface area contributed by atoms with Crippen LogP contribution in [0.3, 0.4) is 0 Å². The van der Waals surface area contributed by atoms with Crippen LogP contribution in [-0.4, -0.2) is 36.5 Å². The number of nitrogens with zero attached hydrogens (tertiary/aromatic N) is 4. The van der Waals surface area contributed by atoms with E-state index in [-0.39, 0.29) is 12.2 Å². The second-order valence-corrected chi connectivity index (χ2v) is 6.06. The molecule has 3 aromatic rings. The number of benzene rings is 1. The van der Waals surface area contributed by atoms with E-state index in [1.165, 1.54) is 22.5 Å². The zero-order valence-corrected chi connectivity index (χ0v) is 14.5. The monoisotopic (exact) mass is 353 g/mol. The summed E-state index contributed by atoms with van der Waals surface area (Å²) in [7, 11) is 0. The third-order valence-electron chi connectivity index (χ3n) is 3.81. The van der Waals surface area contributed by atoms with E-state index in [0.717, 1.165) is 11.3 Å². The lowest BCUT2D eigenvalue weighted by molar-refractivity contribution is -0.137. The van der Waals surface area contributed by atoms with Crippen molar-refractivity contribution < 1.29 is 14.7 Å². The Morgan fingerprint density at radius 3 is 2.69 bits per heavy atom. The second-order valence-electron chi connectivity index (χ2n) is 6.06. The average Bonchev–Trinajstić information content (AvgIpc) is 3.14. The van der Waals surface area contributed by atoms with Gasteiger partial charge in [-0.1, -0.05) is 29.8 Å². The highest BCUT2D eigenvalue weighted by Crippen LogP contribution is 2.13. The van der Waals surface area contributed by atoms with Crippen molar-refractivity contribution in [2.45, 2.75) is 26.9 Å². The molecule has 0 fully saturated rings. The van der Waals surface area contributed by atoms with Gasteiger partial charge in [0.15, 0.2) is 11.5 Å². The van der Waals surface area contributed by atoms with Crippen molar-refractivity contribution in [1.82, 2.24) is 19.6 Å². The number of carboxylic acids is 1. The van der Waals surface area contributed by atoms with Gasteiger partial charge in [0, 0.05) is 18.0 Å². The van der Waals surface area contributed by atoms with Crippen LogP contribution >= 0.6 is 0 Å². The third-order valence-corrected chi connectivity index (χ3v) is 3.81. The SMILES string of the molecule is Cc1cccc(Cn2nc(NC(=O)c3ccn(CC(=O)O)n3)cc2C)c1. The molecule has 8 nitrogen and oxygen atoms in total. The average molecular weight is 353 g/mol. The van der Waals surface area contributed by atoms with E-state index in [0.29, 0.717) is 12.4 Å². The molecule has 2 heterocycles. The minimum absolute atomic E-state index is 0.136. The van der Waals surface area contributed by atoms with Gasteiger partial charge in [-0.2, -0.15) is 10.2 Å². The molecule has 0 aliphatic carbocycles. The van der Waals surface area contributed by atoms with E-state index in [4.69, 9.17) is 5.11 Å². The number of aryl methyl sites for hydroxylation is 2. The molecule has 1 aromatic carbocycles. The zero-order valence-electron chi connectivity index (χ0n) is 14.5. The fourth-order valence-corrected chi connectivity index (χ4v) is 2.60. The number of rotatable bonds is 6. The second kappa shape index (κ2) is 7.22. The number of hydrogen-bond donors (Lipinski definition) is 2. The highest BCUT2D eigenvalue weighted by molar-refractivity contribution is 6.02. The van der Waals surface area contributed by atoms with Gasteiger partial charge in [0.25, 0.3) is 5.91 Å². The van der Waals surface area contributed by atoms with Gasteiger partial charge in [-0.15, -0.1) is 0 Å². The van der Waals surface area contributed by atoms with Crippen LogP contribution in [0.1, 0.15) is 27.3 Å². The largest absolute Gasteiger partial charge is 0.480 e. The molecular weight excluding hydrogens is 334 g/mol. The Hall–Kier alpha value is -3.42. The molecule has 134 valence electrons. The van der Waals surface area contributed by atoms with Gasteiger partial charge in [-0.3, -0.25) is 19.0 Å². The van der Waals surface area contributed by atoms with Crippen molar-refractivity contribution in [2.75, 3.05) is 5.32 Å². The predicted molar refractivity (Wildman–Crippen MR) is 95.1 cm³/mol. The van der Waals surface area contributed by atoms with Crippen LogP contribution in [0, 0.1) is 13.8 Å². The molecule has 26 heavy (non-hydrogen) atoms. The van der Waals surface area contributed by atoms with Crippen LogP contribution in [0.25, 0.3) is 0 Å². The fraction of sp³-hybridized carbons (Fsp3) is 0.222. The molecule has 2 aromatic heterocycles. The Kier molecular flexibility index (Phi) is 4.83. The molecule has 0 saturated carbocycles. The highest BCUT2D eigenvalue weighted by atomic mass is 16.4. The van der Waals surface area contributed by atoms with Gasteiger partial charge in [-0.05, 0) is 25.5 Å². The quantitative estimate of drug-likeness (QED) is 0.706. The summed E-state index contributed by atoms with van der Waals surface area (Å²) in [6.07, 6.45) is 1.45. The molecule has 0 spiro atoms. The summed E-state index contributed by atoms with van der Waals surface area (Å²) in [6, 6.07) is 11.4. The number of anilines is 1. The zero-order chi connectivity index (χ0) is 18.7. The van der Waals surface area contributed by atoms with Crippen molar-refractivity contribution in [3.63, 3.8) is 0 Å². The molecule has 0 bridgehead atoms. The fourth-order valence-electron chi connectivity index (χ4n) is 2.60. The number of carbonyl (C=O) groups is 2. The summed E-state index contributed by atoms with van der Waals surface area (Å²) in [4.78, 5) is 22.9. The lowest BCUT2D eigenvalue weighted by atomic mass is 10.1. The first kappa shape index (κ1) is 17.4. The van der Waals surface area contributed by atoms with Crippen molar-refractivity contribution >= 4 is 17.7 Å². The van der Waals surface area contributed by atoms with Gasteiger partial charge < -0.3 is 10.4 Å². The van der Waals surface area contributed by atoms with Crippen LogP contribution in [0.15, 0.2) is 42.6 Å². The topological polar surface area (TPSA) is 102 Å². The Morgan fingerprint density at radius 1 is 1.15 bits per heavy atom. The molecule has 0 radical (unpaired) electrons. The first-order valence-electron chi connectivity index (χ1n) is 8.07. The predicted octanol–water partition coefficient (Wildman–Crippen LogP) is 2.08. The summed E-state index contributed by atoms with van der Waals surface area (Å²) >= 11 is 0. The van der Waals surface area contributed by atoms with E-state index in [2.05, 4.69) is 21.6 Å². The molecule has 0 unspecified atom stereocenters. The van der Waals surface area contributed by atoms with Crippen LogP contribution in [0.2, 0.25) is 0 Å². The van der Waals surface area contributed by atoms with Gasteiger partial charge in [-0.25, -0.2) is 0 Å². The van der Waals surface area contributed by atoms with E-state index < -0.39 is 11.9 Å². The molecule has 3 rings (SSSR count). The molecule has 0 atom stereocenters. The minimum Gasteiger partial charge on any atom is -0.480 e. The van der Waals surface area contributed by atoms with Crippen LogP contribution in [-0.2, 0) is 17.9 Å². The molecule has 1 amide bonds. The lowest BCUT2D eigenvalue weighted by Crippen LogP contribution is -2.15. The first-order valence-corrected chi connectivity index (χ1v) is 8.07. The van der Waals surface area contributed by atoms with Gasteiger partial charge >= 0.3 is 5.97 Å². The van der Waals surface area contributed by atoms with Gasteiger partial charge in [0.05, 0.1) is 6.54 Å². The Balaban J connectivity index is 1.69. The van der Waals surface area contributed by atoms with Crippen LogP contribution < -0.4 is 5.32 Å². The third kappa shape index (κ3) is 4.15. The molecular formula is C18H19N5O3. The normalized spacial score (nSPS) is 10.7. The maximum atomic E-state index is 12.3. The molecule has 0 saturated heterocycles. The van der Waals surface area contributed by atoms with Crippen molar-refractivity contribution in [2.24, 2.45) is 0 Å². The first-order chi connectivity index (χ1) is 12.4. The van der Waals surface area contributed by atoms with Crippen molar-refractivity contribution in [3.8, 4) is 0 Å². The van der Waals surface area contributed by atoms with E-state index in [1.807, 2.05) is 36.7 Å². The van der Waals surface area contributed by atoms with Crippen molar-refractivity contribution in [1.29, 1.82) is 0 Å². The Bertz CT molecular complexity index is 957. The van der Waals surface area contributed by atoms with Gasteiger partial charge in [0.1, 0.15) is 6.54 Å². The van der Waals surface area contributed by atoms with E-state index >= 15 is 0 Å². The molecule has 8 heteroatoms. The summed E-state index contributed by atoms with van der Waals surface area (Å²) in [5, 5.41) is 19.8. The summed E-state index contributed by atoms with van der Waals surface area (Å²) in [5.41, 5.74) is 3.36. The van der Waals surface area contributed by atoms with E-state index in [1.54, 1.807) is 6.07 Å². The highest BCUT2D eigenvalue weighted by Gasteiger charge is 2.13. The number of carbonyl (C=O) groups excluding carboxylic acids is 1. The number of aromatic nitrogens is 4. The summed E-state index contributed by atoms with van der Waals surface area (Å²) in [6.45, 7) is 4.27. The van der Waals surface area contributed by atoms with Gasteiger partial charge in [0.2, 0.25) is 0 Å². The number of hydrogen-bond acceptors (Lipinski definition) is 4. The smallest absolute Gasteiger partial charge is 0.325 e. The number of nitrogens with one attached hydrogen (secondary N) is 1.